The number of aromatic amines is 1. The zero-order valence-corrected chi connectivity index (χ0v) is 28.4. The van der Waals surface area contributed by atoms with Gasteiger partial charge in [-0.05, 0) is 104 Å². The van der Waals surface area contributed by atoms with Crippen molar-refractivity contribution in [2.75, 3.05) is 7.11 Å². The second-order valence-electron chi connectivity index (χ2n) is 10.6. The van der Waals surface area contributed by atoms with Gasteiger partial charge in [-0.3, -0.25) is 4.79 Å². The maximum absolute atomic E-state index is 11.4. The average molecular weight is 756 g/mol. The number of fused-ring (bicyclic) bond motifs is 1. The van der Waals surface area contributed by atoms with Crippen molar-refractivity contribution in [1.82, 2.24) is 4.98 Å². The highest BCUT2D eigenvalue weighted by Crippen LogP contribution is 2.47. The molecule has 1 aromatic heterocycles. The van der Waals surface area contributed by atoms with E-state index in [0.717, 1.165) is 48.9 Å². The lowest BCUT2D eigenvalue weighted by Crippen LogP contribution is -2.08. The highest BCUT2D eigenvalue weighted by Gasteiger charge is 2.27. The number of nitrogens with one attached hydrogen (secondary N) is 1. The van der Waals surface area contributed by atoms with E-state index in [4.69, 9.17) is 9.47 Å². The van der Waals surface area contributed by atoms with Crippen molar-refractivity contribution in [2.45, 2.75) is 39.0 Å². The van der Waals surface area contributed by atoms with Crippen molar-refractivity contribution in [3.05, 3.63) is 120 Å². The normalized spacial score (nSPS) is 12.1. The highest BCUT2D eigenvalue weighted by molar-refractivity contribution is 9.11. The molecule has 0 aliphatic carbocycles. The van der Waals surface area contributed by atoms with E-state index >= 15 is 0 Å². The van der Waals surface area contributed by atoms with Crippen LogP contribution in [0.15, 0.2) is 86.3 Å². The fraction of sp³-hybridized carbons (Fsp3) is 0.206. The van der Waals surface area contributed by atoms with Crippen LogP contribution in [0.25, 0.3) is 10.9 Å². The van der Waals surface area contributed by atoms with Gasteiger partial charge in [0.15, 0.2) is 5.75 Å². The molecule has 0 fully saturated rings. The summed E-state index contributed by atoms with van der Waals surface area (Å²) in [5, 5.41) is 10.4. The second-order valence-corrected chi connectivity index (χ2v) is 13.3. The lowest BCUT2D eigenvalue weighted by Gasteiger charge is -2.25. The fourth-order valence-electron chi connectivity index (χ4n) is 5.36. The highest BCUT2D eigenvalue weighted by atomic mass is 79.9. The summed E-state index contributed by atoms with van der Waals surface area (Å²) < 4.78 is 15.0. The van der Waals surface area contributed by atoms with Crippen molar-refractivity contribution in [3.63, 3.8) is 0 Å². The first-order valence-electron chi connectivity index (χ1n) is 13.5. The number of hydrogen-bond acceptors (Lipinski definition) is 3. The molecular formula is C34H30Br3NO4. The molecule has 0 bridgehead atoms. The molecule has 5 aromatic rings. The molecule has 0 aliphatic rings. The van der Waals surface area contributed by atoms with Gasteiger partial charge in [0.1, 0.15) is 11.5 Å². The minimum atomic E-state index is -0.896. The van der Waals surface area contributed by atoms with Crippen LogP contribution in [0.2, 0.25) is 0 Å². The molecule has 8 heteroatoms. The smallest absolute Gasteiger partial charge is 0.307 e. The Bertz CT molecular complexity index is 1770. The van der Waals surface area contributed by atoms with Crippen LogP contribution in [0.5, 0.6) is 17.2 Å². The van der Waals surface area contributed by atoms with Crippen molar-refractivity contribution >= 4 is 64.7 Å². The molecule has 0 spiro atoms. The number of aliphatic carboxylic acids is 1. The lowest BCUT2D eigenvalue weighted by molar-refractivity contribution is -0.136. The van der Waals surface area contributed by atoms with Gasteiger partial charge in [-0.1, -0.05) is 59.6 Å². The second kappa shape index (κ2) is 12.7. The quantitative estimate of drug-likeness (QED) is 0.157. The van der Waals surface area contributed by atoms with Gasteiger partial charge < -0.3 is 19.6 Å². The third-order valence-electron chi connectivity index (χ3n) is 7.28. The Balaban J connectivity index is 1.78. The average Bonchev–Trinajstić information content (AvgIpc) is 3.33. The van der Waals surface area contributed by atoms with E-state index in [1.165, 1.54) is 0 Å². The summed E-state index contributed by atoms with van der Waals surface area (Å²) in [4.78, 5) is 14.8. The van der Waals surface area contributed by atoms with Crippen LogP contribution in [-0.2, 0) is 11.2 Å². The number of H-pyrrole nitrogens is 1. The molecule has 0 saturated carbocycles. The van der Waals surface area contributed by atoms with E-state index in [9.17, 15) is 9.90 Å². The Hall–Kier alpha value is -3.07. The molecule has 5 rings (SSSR count). The molecule has 2 N–H and O–H groups in total. The molecule has 5 nitrogen and oxygen atoms in total. The molecular weight excluding hydrogens is 726 g/mol. The standard InChI is InChI=1S/C34H30Br3NO4/c1-18(2)23-15-31(42-34-27(36)11-20(12-28(34)37)13-32(39)40)25(16-30(23)41-4)33(21-7-5-6-19(3)10-21)26-17-38-29-9-8-22(35)14-24(26)29/h5-12,14-18,33,38H,13H2,1-4H3,(H,39,40). The summed E-state index contributed by atoms with van der Waals surface area (Å²) in [5.41, 5.74) is 7.05. The van der Waals surface area contributed by atoms with E-state index in [2.05, 4.69) is 128 Å². The molecule has 1 unspecified atom stereocenters. The Labute approximate surface area is 270 Å². The van der Waals surface area contributed by atoms with Gasteiger partial charge in [-0.15, -0.1) is 0 Å². The van der Waals surface area contributed by atoms with Crippen LogP contribution in [-0.4, -0.2) is 23.2 Å². The third-order valence-corrected chi connectivity index (χ3v) is 8.95. The maximum Gasteiger partial charge on any atom is 0.307 e. The molecule has 216 valence electrons. The van der Waals surface area contributed by atoms with Crippen molar-refractivity contribution in [2.24, 2.45) is 0 Å². The zero-order chi connectivity index (χ0) is 30.1. The predicted octanol–water partition coefficient (Wildman–Crippen LogP) is 10.5. The lowest BCUT2D eigenvalue weighted by atomic mass is 9.82. The monoisotopic (exact) mass is 753 g/mol. The minimum Gasteiger partial charge on any atom is -0.496 e. The van der Waals surface area contributed by atoms with Crippen molar-refractivity contribution in [3.8, 4) is 17.2 Å². The summed E-state index contributed by atoms with van der Waals surface area (Å²) in [6.45, 7) is 6.35. The van der Waals surface area contributed by atoms with Gasteiger partial charge in [0.05, 0.1) is 22.5 Å². The molecule has 0 aliphatic heterocycles. The molecule has 1 heterocycles. The largest absolute Gasteiger partial charge is 0.496 e. The SMILES string of the molecule is COc1cc(C(c2cccc(C)c2)c2c[nH]c3ccc(Br)cc23)c(Oc2c(Br)cc(CC(=O)O)cc2Br)cc1C(C)C. The van der Waals surface area contributed by atoms with Gasteiger partial charge in [-0.25, -0.2) is 0 Å². The maximum atomic E-state index is 11.4. The molecule has 42 heavy (non-hydrogen) atoms. The van der Waals surface area contributed by atoms with Gasteiger partial charge >= 0.3 is 5.97 Å². The number of carbonyl (C=O) groups is 1. The zero-order valence-electron chi connectivity index (χ0n) is 23.6. The summed E-state index contributed by atoms with van der Waals surface area (Å²) in [6.07, 6.45) is 1.98. The van der Waals surface area contributed by atoms with Crippen molar-refractivity contribution < 1.29 is 19.4 Å². The Morgan fingerprint density at radius 3 is 2.26 bits per heavy atom. The number of aryl methyl sites for hydroxylation is 1. The molecule has 0 saturated heterocycles. The number of ether oxygens (including phenoxy) is 2. The molecule has 0 radical (unpaired) electrons. The first-order chi connectivity index (χ1) is 20.0. The summed E-state index contributed by atoms with van der Waals surface area (Å²) in [6, 6.07) is 22.5. The number of benzene rings is 4. The first-order valence-corrected chi connectivity index (χ1v) is 15.9. The van der Waals surface area contributed by atoms with Gasteiger partial charge in [0, 0.05) is 38.6 Å². The number of halogens is 3. The molecule has 1 atom stereocenters. The Morgan fingerprint density at radius 2 is 1.62 bits per heavy atom. The Morgan fingerprint density at radius 1 is 0.905 bits per heavy atom. The summed E-state index contributed by atoms with van der Waals surface area (Å²) in [7, 11) is 1.70. The number of hydrogen-bond donors (Lipinski definition) is 2. The number of aromatic nitrogens is 1. The van der Waals surface area contributed by atoms with Crippen molar-refractivity contribution in [1.29, 1.82) is 0 Å². The van der Waals surface area contributed by atoms with E-state index in [1.54, 1.807) is 19.2 Å². The van der Waals surface area contributed by atoms with E-state index in [0.29, 0.717) is 26.0 Å². The van der Waals surface area contributed by atoms with E-state index in [1.807, 2.05) is 6.07 Å². The topological polar surface area (TPSA) is 71.5 Å². The van der Waals surface area contributed by atoms with Crippen LogP contribution in [0.3, 0.4) is 0 Å². The summed E-state index contributed by atoms with van der Waals surface area (Å²) in [5.74, 6) is 1.14. The van der Waals surface area contributed by atoms with Gasteiger partial charge in [0.2, 0.25) is 0 Å². The number of carboxylic acids is 1. The van der Waals surface area contributed by atoms with Gasteiger partial charge in [0.25, 0.3) is 0 Å². The summed E-state index contributed by atoms with van der Waals surface area (Å²) >= 11 is 10.9. The third kappa shape index (κ3) is 6.31. The number of methoxy groups -OCH3 is 1. The molecule has 0 amide bonds. The number of carboxylic acid groups (broad SMARTS) is 1. The molecule has 4 aromatic carbocycles. The van der Waals surface area contributed by atoms with E-state index < -0.39 is 5.97 Å². The van der Waals surface area contributed by atoms with Gasteiger partial charge in [-0.2, -0.15) is 0 Å². The van der Waals surface area contributed by atoms with Crippen LogP contribution in [0.1, 0.15) is 59.1 Å². The van der Waals surface area contributed by atoms with Crippen LogP contribution in [0.4, 0.5) is 0 Å². The first kappa shape index (κ1) is 30.4. The van der Waals surface area contributed by atoms with Crippen LogP contribution < -0.4 is 9.47 Å². The predicted molar refractivity (Wildman–Crippen MR) is 178 cm³/mol. The van der Waals surface area contributed by atoms with E-state index in [-0.39, 0.29) is 18.3 Å². The van der Waals surface area contributed by atoms with Crippen LogP contribution in [0, 0.1) is 6.92 Å². The minimum absolute atomic E-state index is 0.0890. The number of rotatable bonds is 9. The fourth-order valence-corrected chi connectivity index (χ4v) is 7.16. The Kier molecular flexibility index (Phi) is 9.16. The van der Waals surface area contributed by atoms with Crippen LogP contribution >= 0.6 is 47.8 Å².